The van der Waals surface area contributed by atoms with E-state index in [1.54, 1.807) is 49.9 Å². The quantitative estimate of drug-likeness (QED) is 0.393. The minimum absolute atomic E-state index is 0.00595. The number of hydrogen-bond donors (Lipinski definition) is 3. The molecule has 12 nitrogen and oxygen atoms in total. The van der Waals surface area contributed by atoms with Gasteiger partial charge in [0, 0.05) is 36.7 Å². The Hall–Kier alpha value is -5.00. The Balaban J connectivity index is 1.49. The van der Waals surface area contributed by atoms with Crippen molar-refractivity contribution in [3.8, 4) is 5.69 Å². The first kappa shape index (κ1) is 32.4. The number of carbonyl (C=O) groups is 5. The summed E-state index contributed by atoms with van der Waals surface area (Å²) in [5.41, 5.74) is 2.10. The maximum atomic E-state index is 14.0. The van der Waals surface area contributed by atoms with Crippen LogP contribution in [-0.4, -0.2) is 92.7 Å². The third-order valence-electron chi connectivity index (χ3n) is 8.48. The van der Waals surface area contributed by atoms with Crippen LogP contribution < -0.4 is 16.0 Å². The summed E-state index contributed by atoms with van der Waals surface area (Å²) in [5.74, 6) is -2.37. The highest BCUT2D eigenvalue weighted by Gasteiger charge is 2.39. The molecule has 4 atom stereocenters. The van der Waals surface area contributed by atoms with Crippen LogP contribution in [0.3, 0.4) is 0 Å². The van der Waals surface area contributed by atoms with Crippen molar-refractivity contribution in [3.63, 3.8) is 0 Å². The average Bonchev–Trinajstić information content (AvgIpc) is 3.76. The van der Waals surface area contributed by atoms with Gasteiger partial charge in [-0.25, -0.2) is 4.98 Å². The number of hydrogen-bond acceptors (Lipinski definition) is 6. The van der Waals surface area contributed by atoms with Crippen molar-refractivity contribution >= 4 is 29.5 Å². The van der Waals surface area contributed by atoms with E-state index in [0.717, 1.165) is 11.3 Å². The van der Waals surface area contributed by atoms with Crippen LogP contribution in [0.15, 0.2) is 73.3 Å². The van der Waals surface area contributed by atoms with E-state index in [-0.39, 0.29) is 24.9 Å². The molecule has 0 unspecified atom stereocenters. The van der Waals surface area contributed by atoms with Crippen LogP contribution in [0.25, 0.3) is 5.69 Å². The highest BCUT2D eigenvalue weighted by atomic mass is 16.2. The molecule has 0 saturated carbocycles. The van der Waals surface area contributed by atoms with Gasteiger partial charge in [-0.2, -0.15) is 0 Å². The molecule has 0 aliphatic carbocycles. The molecule has 1 aromatic heterocycles. The van der Waals surface area contributed by atoms with Crippen LogP contribution >= 0.6 is 0 Å². The normalized spacial score (nSPS) is 23.2. The van der Waals surface area contributed by atoms with Gasteiger partial charge >= 0.3 is 0 Å². The van der Waals surface area contributed by atoms with Gasteiger partial charge in [0.2, 0.25) is 23.6 Å². The van der Waals surface area contributed by atoms with Gasteiger partial charge in [-0.15, -0.1) is 0 Å². The molecular weight excluding hydrogens is 586 g/mol. The fourth-order valence-electron chi connectivity index (χ4n) is 6.07. The van der Waals surface area contributed by atoms with Crippen LogP contribution in [0.1, 0.15) is 49.5 Å². The molecule has 3 N–H and O–H groups in total. The number of rotatable bonds is 5. The molecule has 2 aliphatic rings. The lowest BCUT2D eigenvalue weighted by Crippen LogP contribution is -2.58. The van der Waals surface area contributed by atoms with Crippen molar-refractivity contribution in [2.45, 2.75) is 64.2 Å². The van der Waals surface area contributed by atoms with Crippen molar-refractivity contribution in [3.05, 3.63) is 84.4 Å². The van der Waals surface area contributed by atoms with E-state index in [4.69, 9.17) is 0 Å². The fourth-order valence-corrected chi connectivity index (χ4v) is 6.07. The Morgan fingerprint density at radius 1 is 0.957 bits per heavy atom. The van der Waals surface area contributed by atoms with Crippen molar-refractivity contribution in [1.29, 1.82) is 0 Å². The lowest BCUT2D eigenvalue weighted by molar-refractivity contribution is -0.142. The maximum absolute atomic E-state index is 14.0. The molecule has 3 heterocycles. The lowest BCUT2D eigenvalue weighted by atomic mass is 10.00. The molecule has 0 radical (unpaired) electrons. The molecule has 2 aromatic carbocycles. The van der Waals surface area contributed by atoms with Gasteiger partial charge in [0.25, 0.3) is 5.91 Å². The van der Waals surface area contributed by atoms with Crippen LogP contribution in [0.5, 0.6) is 0 Å². The molecule has 5 rings (SSSR count). The molecule has 0 spiro atoms. The first-order chi connectivity index (χ1) is 22.1. The highest BCUT2D eigenvalue weighted by molar-refractivity contribution is 5.98. The van der Waals surface area contributed by atoms with E-state index >= 15 is 0 Å². The Kier molecular flexibility index (Phi) is 10.1. The smallest absolute Gasteiger partial charge is 0.254 e. The van der Waals surface area contributed by atoms with Crippen LogP contribution in [0.4, 0.5) is 0 Å². The van der Waals surface area contributed by atoms with E-state index in [1.807, 2.05) is 48.7 Å². The zero-order valence-corrected chi connectivity index (χ0v) is 26.4. The lowest BCUT2D eigenvalue weighted by Gasteiger charge is -2.31. The summed E-state index contributed by atoms with van der Waals surface area (Å²) in [4.78, 5) is 75.0. The summed E-state index contributed by atoms with van der Waals surface area (Å²) in [6.45, 7) is 5.30. The second-order valence-corrected chi connectivity index (χ2v) is 12.3. The molecule has 12 heteroatoms. The molecule has 2 saturated heterocycles. The number of aromatic nitrogens is 2. The molecule has 3 aromatic rings. The van der Waals surface area contributed by atoms with E-state index in [1.165, 1.54) is 9.80 Å². The van der Waals surface area contributed by atoms with E-state index in [9.17, 15) is 24.0 Å². The monoisotopic (exact) mass is 627 g/mol. The molecule has 2 fully saturated rings. The molecular formula is C34H41N7O5. The summed E-state index contributed by atoms with van der Waals surface area (Å²) in [7, 11) is 0. The highest BCUT2D eigenvalue weighted by Crippen LogP contribution is 2.20. The molecule has 2 aliphatic heterocycles. The zero-order valence-electron chi connectivity index (χ0n) is 26.4. The first-order valence-electron chi connectivity index (χ1n) is 15.7. The number of fused-ring (bicyclic) bond motifs is 1. The van der Waals surface area contributed by atoms with Gasteiger partial charge in [0.05, 0.1) is 18.9 Å². The van der Waals surface area contributed by atoms with Crippen molar-refractivity contribution in [2.24, 2.45) is 5.92 Å². The Labute approximate surface area is 268 Å². The van der Waals surface area contributed by atoms with Crippen molar-refractivity contribution < 1.29 is 24.0 Å². The number of carbonyl (C=O) groups excluding carboxylic acids is 5. The van der Waals surface area contributed by atoms with Crippen molar-refractivity contribution in [2.75, 3.05) is 19.6 Å². The van der Waals surface area contributed by atoms with Gasteiger partial charge < -0.3 is 30.3 Å². The Morgan fingerprint density at radius 3 is 2.37 bits per heavy atom. The molecule has 0 bridgehead atoms. The second kappa shape index (κ2) is 14.4. The van der Waals surface area contributed by atoms with Gasteiger partial charge in [0.1, 0.15) is 18.1 Å². The van der Waals surface area contributed by atoms with E-state index in [2.05, 4.69) is 20.9 Å². The van der Waals surface area contributed by atoms with Gasteiger partial charge in [-0.1, -0.05) is 44.2 Å². The topological polar surface area (TPSA) is 146 Å². The fraction of sp³-hybridized carbons (Fsp3) is 0.412. The number of nitrogens with one attached hydrogen (secondary N) is 3. The molecule has 46 heavy (non-hydrogen) atoms. The minimum Gasteiger partial charge on any atom is -0.349 e. The predicted octanol–water partition coefficient (Wildman–Crippen LogP) is 1.69. The Morgan fingerprint density at radius 2 is 1.70 bits per heavy atom. The van der Waals surface area contributed by atoms with Gasteiger partial charge in [-0.3, -0.25) is 24.0 Å². The Bertz CT molecular complexity index is 1540. The third-order valence-corrected chi connectivity index (χ3v) is 8.48. The summed E-state index contributed by atoms with van der Waals surface area (Å²) >= 11 is 0. The summed E-state index contributed by atoms with van der Waals surface area (Å²) < 4.78 is 1.81. The van der Waals surface area contributed by atoms with E-state index < -0.39 is 47.8 Å². The largest absolute Gasteiger partial charge is 0.349 e. The number of nitrogens with zero attached hydrogens (tertiary/aromatic N) is 4. The minimum atomic E-state index is -0.918. The summed E-state index contributed by atoms with van der Waals surface area (Å²) in [5, 5.41) is 8.70. The summed E-state index contributed by atoms with van der Waals surface area (Å²) in [6, 6.07) is 13.4. The average molecular weight is 628 g/mol. The third kappa shape index (κ3) is 7.61. The van der Waals surface area contributed by atoms with Crippen LogP contribution in [-0.2, 0) is 25.6 Å². The summed E-state index contributed by atoms with van der Waals surface area (Å²) in [6.07, 6.45) is 6.57. The predicted molar refractivity (Wildman–Crippen MR) is 171 cm³/mol. The number of amides is 5. The number of imidazole rings is 1. The van der Waals surface area contributed by atoms with Crippen LogP contribution in [0, 0.1) is 5.92 Å². The van der Waals surface area contributed by atoms with E-state index in [0.29, 0.717) is 31.4 Å². The number of benzene rings is 2. The van der Waals surface area contributed by atoms with Gasteiger partial charge in [0.15, 0.2) is 0 Å². The second-order valence-electron chi connectivity index (χ2n) is 12.3. The standard InChI is InChI=1S/C34H41N7O5/c1-22(2)30-32(44)37-26(18-24-8-5-4-6-9-24)19-40(34(46)25-11-13-27(14-12-25)39-17-15-35-21-39)20-29(42)36-23(3)33(45)41-16-7-10-28(41)31(43)38-30/h4-6,8-9,11-15,17,21-23,26,28,30H,7,10,16,18-20H2,1-3H3,(H,36,42)(H,37,44)(H,38,43)/t23-,26-,28+,30-/m0/s1. The molecule has 242 valence electrons. The maximum Gasteiger partial charge on any atom is 0.254 e. The molecule has 5 amide bonds. The first-order valence-corrected chi connectivity index (χ1v) is 15.7. The van der Waals surface area contributed by atoms with Crippen LogP contribution in [0.2, 0.25) is 0 Å². The SMILES string of the molecule is CC(C)[C@@H]1NC(=O)[C@H]2CCCN2C(=O)[C@H](C)NC(=O)CN(C(=O)c2ccc(-n3ccnc3)cc2)C[C@H](Cc2ccccc2)NC1=O. The van der Waals surface area contributed by atoms with Crippen molar-refractivity contribution in [1.82, 2.24) is 35.3 Å². The zero-order chi connectivity index (χ0) is 32.8. The van der Waals surface area contributed by atoms with Gasteiger partial charge in [-0.05, 0) is 61.9 Å².